The Morgan fingerprint density at radius 3 is 2.62 bits per heavy atom. The maximum absolute atomic E-state index is 10.7. The molecule has 0 bridgehead atoms. The summed E-state index contributed by atoms with van der Waals surface area (Å²) in [4.78, 5) is 0. The molecule has 3 N–H and O–H groups in total. The molecule has 2 aromatic rings. The summed E-state index contributed by atoms with van der Waals surface area (Å²) in [6, 6.07) is 12.9. The van der Waals surface area contributed by atoms with Crippen molar-refractivity contribution < 1.29 is 9.84 Å². The van der Waals surface area contributed by atoms with Crippen molar-refractivity contribution in [2.45, 2.75) is 12.0 Å². The summed E-state index contributed by atoms with van der Waals surface area (Å²) < 4.78 is 6.22. The van der Waals surface area contributed by atoms with Crippen molar-refractivity contribution in [1.82, 2.24) is 0 Å². The molecule has 0 aliphatic heterocycles. The molecule has 0 amide bonds. The van der Waals surface area contributed by atoms with Gasteiger partial charge in [0.2, 0.25) is 0 Å². The van der Waals surface area contributed by atoms with Crippen LogP contribution in [0.25, 0.3) is 0 Å². The first-order chi connectivity index (χ1) is 10.1. The summed E-state index contributed by atoms with van der Waals surface area (Å²) >= 11 is 9.59. The zero-order chi connectivity index (χ0) is 15.4. The lowest BCUT2D eigenvalue weighted by Crippen LogP contribution is -2.21. The van der Waals surface area contributed by atoms with Crippen molar-refractivity contribution in [2.24, 2.45) is 5.73 Å². The van der Waals surface area contributed by atoms with Crippen molar-refractivity contribution in [2.75, 3.05) is 13.7 Å². The van der Waals surface area contributed by atoms with Crippen LogP contribution in [0.15, 0.2) is 46.9 Å². The van der Waals surface area contributed by atoms with E-state index in [-0.39, 0.29) is 12.5 Å². The Kier molecular flexibility index (Phi) is 5.65. The van der Waals surface area contributed by atoms with Gasteiger partial charge >= 0.3 is 0 Å². The van der Waals surface area contributed by atoms with E-state index in [9.17, 15) is 5.11 Å². The number of rotatable bonds is 5. The molecular weight excluding hydrogens is 354 g/mol. The van der Waals surface area contributed by atoms with Crippen LogP contribution in [0.4, 0.5) is 0 Å². The molecule has 0 saturated carbocycles. The van der Waals surface area contributed by atoms with Gasteiger partial charge in [-0.05, 0) is 24.3 Å². The number of hydrogen-bond acceptors (Lipinski definition) is 3. The molecule has 0 saturated heterocycles. The molecule has 5 heteroatoms. The molecule has 0 aliphatic rings. The summed E-state index contributed by atoms with van der Waals surface area (Å²) in [5.74, 6) is 0.408. The molecule has 0 fully saturated rings. The molecule has 2 rings (SSSR count). The van der Waals surface area contributed by atoms with Gasteiger partial charge in [-0.3, -0.25) is 0 Å². The molecule has 2 aromatic carbocycles. The topological polar surface area (TPSA) is 55.5 Å². The summed E-state index contributed by atoms with van der Waals surface area (Å²) in [5.41, 5.74) is 7.40. The van der Waals surface area contributed by atoms with Crippen LogP contribution in [0.2, 0.25) is 5.02 Å². The molecule has 2 atom stereocenters. The van der Waals surface area contributed by atoms with E-state index in [0.717, 1.165) is 10.0 Å². The number of ether oxygens (including phenoxy) is 1. The molecule has 3 nitrogen and oxygen atoms in total. The maximum atomic E-state index is 10.7. The molecule has 0 aliphatic carbocycles. The second-order valence-corrected chi connectivity index (χ2v) is 6.02. The fourth-order valence-electron chi connectivity index (χ4n) is 2.36. The van der Waals surface area contributed by atoms with Gasteiger partial charge in [0, 0.05) is 33.1 Å². The smallest absolute Gasteiger partial charge is 0.122 e. The van der Waals surface area contributed by atoms with Crippen molar-refractivity contribution in [3.63, 3.8) is 0 Å². The lowest BCUT2D eigenvalue weighted by Gasteiger charge is -2.24. The second-order valence-electron chi connectivity index (χ2n) is 4.69. The average molecular weight is 371 g/mol. The van der Waals surface area contributed by atoms with Crippen LogP contribution in [-0.2, 0) is 0 Å². The summed E-state index contributed by atoms with van der Waals surface area (Å²) in [5, 5.41) is 11.2. The van der Waals surface area contributed by atoms with Crippen molar-refractivity contribution >= 4 is 27.5 Å². The standard InChI is InChI=1S/C16H17BrClNO2/c1-21-15-5-3-2-4-11(15)13(9-19)16(20)12-8-10(17)6-7-14(12)18/h2-8,13,16,20H,9,19H2,1H3. The van der Waals surface area contributed by atoms with Crippen LogP contribution in [0.5, 0.6) is 5.75 Å². The molecule has 21 heavy (non-hydrogen) atoms. The fraction of sp³-hybridized carbons (Fsp3) is 0.250. The first-order valence-electron chi connectivity index (χ1n) is 6.54. The summed E-state index contributed by atoms with van der Waals surface area (Å²) in [6.07, 6.45) is -0.809. The highest BCUT2D eigenvalue weighted by Gasteiger charge is 2.26. The van der Waals surface area contributed by atoms with Gasteiger partial charge in [0.05, 0.1) is 13.2 Å². The van der Waals surface area contributed by atoms with Gasteiger partial charge in [-0.25, -0.2) is 0 Å². The molecule has 0 heterocycles. The number of benzene rings is 2. The van der Waals surface area contributed by atoms with E-state index < -0.39 is 6.10 Å². The zero-order valence-electron chi connectivity index (χ0n) is 11.6. The normalized spacial score (nSPS) is 13.8. The number of aliphatic hydroxyl groups excluding tert-OH is 1. The monoisotopic (exact) mass is 369 g/mol. The highest BCUT2D eigenvalue weighted by atomic mass is 79.9. The number of methoxy groups -OCH3 is 1. The Hall–Kier alpha value is -1.07. The van der Waals surface area contributed by atoms with Crippen LogP contribution in [0.3, 0.4) is 0 Å². The Labute approximate surface area is 137 Å². The van der Waals surface area contributed by atoms with E-state index in [2.05, 4.69) is 15.9 Å². The first-order valence-corrected chi connectivity index (χ1v) is 7.71. The minimum Gasteiger partial charge on any atom is -0.496 e. The van der Waals surface area contributed by atoms with Crippen LogP contribution in [0.1, 0.15) is 23.1 Å². The summed E-state index contributed by atoms with van der Waals surface area (Å²) in [7, 11) is 1.60. The Morgan fingerprint density at radius 1 is 1.24 bits per heavy atom. The van der Waals surface area contributed by atoms with E-state index >= 15 is 0 Å². The van der Waals surface area contributed by atoms with Gasteiger partial charge in [-0.2, -0.15) is 0 Å². The van der Waals surface area contributed by atoms with E-state index in [1.165, 1.54) is 0 Å². The largest absolute Gasteiger partial charge is 0.496 e. The van der Waals surface area contributed by atoms with Crippen LogP contribution in [-0.4, -0.2) is 18.8 Å². The molecule has 2 unspecified atom stereocenters. The van der Waals surface area contributed by atoms with Gasteiger partial charge < -0.3 is 15.6 Å². The number of nitrogens with two attached hydrogens (primary N) is 1. The SMILES string of the molecule is COc1ccccc1C(CN)C(O)c1cc(Br)ccc1Cl. The minimum atomic E-state index is -0.809. The molecular formula is C16H17BrClNO2. The first kappa shape index (κ1) is 16.3. The van der Waals surface area contributed by atoms with Crippen molar-refractivity contribution in [1.29, 1.82) is 0 Å². The molecule has 0 radical (unpaired) electrons. The van der Waals surface area contributed by atoms with E-state index in [1.54, 1.807) is 13.2 Å². The van der Waals surface area contributed by atoms with Crippen molar-refractivity contribution in [3.8, 4) is 5.75 Å². The predicted molar refractivity (Wildman–Crippen MR) is 88.9 cm³/mol. The molecule has 0 spiro atoms. The number of para-hydroxylation sites is 1. The zero-order valence-corrected chi connectivity index (χ0v) is 13.9. The van der Waals surface area contributed by atoms with Gasteiger partial charge in [0.15, 0.2) is 0 Å². The fourth-order valence-corrected chi connectivity index (χ4v) is 2.96. The van der Waals surface area contributed by atoms with E-state index in [0.29, 0.717) is 16.3 Å². The number of aliphatic hydroxyl groups is 1. The van der Waals surface area contributed by atoms with Gasteiger partial charge in [-0.15, -0.1) is 0 Å². The van der Waals surface area contributed by atoms with Crippen LogP contribution in [0, 0.1) is 0 Å². The lowest BCUT2D eigenvalue weighted by atomic mass is 9.88. The van der Waals surface area contributed by atoms with Crippen molar-refractivity contribution in [3.05, 3.63) is 63.1 Å². The lowest BCUT2D eigenvalue weighted by molar-refractivity contribution is 0.146. The minimum absolute atomic E-state index is 0.282. The summed E-state index contributed by atoms with van der Waals surface area (Å²) in [6.45, 7) is 0.282. The molecule has 0 aromatic heterocycles. The van der Waals surface area contributed by atoms with Gasteiger partial charge in [0.1, 0.15) is 5.75 Å². The number of halogens is 2. The quantitative estimate of drug-likeness (QED) is 0.839. The average Bonchev–Trinajstić information content (AvgIpc) is 2.50. The number of hydrogen-bond donors (Lipinski definition) is 2. The predicted octanol–water partition coefficient (Wildman–Crippen LogP) is 3.89. The third-order valence-electron chi connectivity index (χ3n) is 3.45. The van der Waals surface area contributed by atoms with E-state index in [1.807, 2.05) is 36.4 Å². The third-order valence-corrected chi connectivity index (χ3v) is 4.29. The second kappa shape index (κ2) is 7.27. The van der Waals surface area contributed by atoms with Gasteiger partial charge in [-0.1, -0.05) is 45.7 Å². The van der Waals surface area contributed by atoms with Crippen LogP contribution < -0.4 is 10.5 Å². The highest BCUT2D eigenvalue weighted by Crippen LogP contribution is 2.38. The maximum Gasteiger partial charge on any atom is 0.122 e. The van der Waals surface area contributed by atoms with Gasteiger partial charge in [0.25, 0.3) is 0 Å². The Morgan fingerprint density at radius 2 is 1.95 bits per heavy atom. The van der Waals surface area contributed by atoms with Crippen LogP contribution >= 0.6 is 27.5 Å². The Balaban J connectivity index is 2.43. The molecule has 112 valence electrons. The highest BCUT2D eigenvalue weighted by molar-refractivity contribution is 9.10. The third kappa shape index (κ3) is 3.58. The Bertz CT molecular complexity index is 621. The van der Waals surface area contributed by atoms with E-state index in [4.69, 9.17) is 22.1 Å².